The van der Waals surface area contributed by atoms with Gasteiger partial charge in [-0.05, 0) is 67.3 Å². The molecule has 2 aromatic heterocycles. The van der Waals surface area contributed by atoms with Crippen molar-refractivity contribution in [3.8, 4) is 5.75 Å². The molecular weight excluding hydrogens is 432 g/mol. The van der Waals surface area contributed by atoms with Crippen molar-refractivity contribution in [2.24, 2.45) is 0 Å². The first kappa shape index (κ1) is 23.4. The molecule has 1 aromatic carbocycles. The number of carboxylic acid groups (broad SMARTS) is 1. The van der Waals surface area contributed by atoms with Gasteiger partial charge in [-0.2, -0.15) is 0 Å². The van der Waals surface area contributed by atoms with E-state index in [-0.39, 0.29) is 11.7 Å². The van der Waals surface area contributed by atoms with Gasteiger partial charge in [-0.25, -0.2) is 9.59 Å². The van der Waals surface area contributed by atoms with Crippen LogP contribution < -0.4 is 4.74 Å². The predicted octanol–water partition coefficient (Wildman–Crippen LogP) is 3.59. The van der Waals surface area contributed by atoms with E-state index in [1.807, 2.05) is 36.5 Å². The second-order valence-electron chi connectivity index (χ2n) is 8.44. The summed E-state index contributed by atoms with van der Waals surface area (Å²) in [6.07, 6.45) is 4.60. The van der Waals surface area contributed by atoms with E-state index in [9.17, 15) is 9.59 Å². The van der Waals surface area contributed by atoms with Gasteiger partial charge in [0.05, 0.1) is 11.3 Å². The number of aryl methyl sites for hydroxylation is 3. The van der Waals surface area contributed by atoms with E-state index in [0.717, 1.165) is 24.2 Å². The molecule has 176 valence electrons. The minimum atomic E-state index is -0.986. The summed E-state index contributed by atoms with van der Waals surface area (Å²) in [5.41, 5.74) is 4.43. The summed E-state index contributed by atoms with van der Waals surface area (Å²) in [6, 6.07) is 15.0. The van der Waals surface area contributed by atoms with E-state index >= 15 is 0 Å². The van der Waals surface area contributed by atoms with Crippen molar-refractivity contribution in [2.75, 3.05) is 26.2 Å². The van der Waals surface area contributed by atoms with Crippen LogP contribution in [0.2, 0.25) is 0 Å². The first-order chi connectivity index (χ1) is 16.5. The summed E-state index contributed by atoms with van der Waals surface area (Å²) in [5, 5.41) is 8.97. The first-order valence-electron chi connectivity index (χ1n) is 11.3. The highest BCUT2D eigenvalue weighted by Gasteiger charge is 2.23. The SMILES string of the molecule is Cc1ccnc(CCc2ccc(OC(=O)N3CCN(Cc4ccc(C(=O)O)cn4)CC3)cc2)c1. The van der Waals surface area contributed by atoms with Crippen molar-refractivity contribution in [3.05, 3.63) is 89.0 Å². The fraction of sp³-hybridized carbons (Fsp3) is 0.308. The maximum absolute atomic E-state index is 12.6. The molecule has 0 aliphatic carbocycles. The number of aromatic nitrogens is 2. The Morgan fingerprint density at radius 2 is 1.71 bits per heavy atom. The van der Waals surface area contributed by atoms with Crippen LogP contribution in [0.3, 0.4) is 0 Å². The second kappa shape index (κ2) is 10.9. The molecule has 1 fully saturated rings. The highest BCUT2D eigenvalue weighted by atomic mass is 16.6. The Morgan fingerprint density at radius 3 is 2.35 bits per heavy atom. The van der Waals surface area contributed by atoms with Gasteiger partial charge in [0, 0.05) is 50.8 Å². The Hall–Kier alpha value is -3.78. The van der Waals surface area contributed by atoms with E-state index in [0.29, 0.717) is 38.5 Å². The van der Waals surface area contributed by atoms with Gasteiger partial charge in [0.2, 0.25) is 0 Å². The van der Waals surface area contributed by atoms with Crippen LogP contribution in [0.25, 0.3) is 0 Å². The minimum absolute atomic E-state index is 0.174. The van der Waals surface area contributed by atoms with E-state index in [4.69, 9.17) is 9.84 Å². The maximum atomic E-state index is 12.6. The van der Waals surface area contributed by atoms with Crippen LogP contribution in [0.4, 0.5) is 4.79 Å². The van der Waals surface area contributed by atoms with Crippen LogP contribution in [0.5, 0.6) is 5.75 Å². The summed E-state index contributed by atoms with van der Waals surface area (Å²) < 4.78 is 5.56. The highest BCUT2D eigenvalue weighted by molar-refractivity contribution is 5.87. The molecule has 1 saturated heterocycles. The number of hydrogen-bond acceptors (Lipinski definition) is 6. The molecule has 0 bridgehead atoms. The van der Waals surface area contributed by atoms with Gasteiger partial charge < -0.3 is 14.7 Å². The molecule has 4 rings (SSSR count). The number of carbonyl (C=O) groups is 2. The van der Waals surface area contributed by atoms with Crippen molar-refractivity contribution in [3.63, 3.8) is 0 Å². The summed E-state index contributed by atoms with van der Waals surface area (Å²) in [5.74, 6) is -0.451. The molecule has 0 saturated carbocycles. The molecule has 3 heterocycles. The van der Waals surface area contributed by atoms with E-state index in [1.165, 1.54) is 17.3 Å². The monoisotopic (exact) mass is 460 g/mol. The zero-order chi connectivity index (χ0) is 23.9. The lowest BCUT2D eigenvalue weighted by Crippen LogP contribution is -2.49. The number of carboxylic acids is 1. The number of aromatic carboxylic acids is 1. The van der Waals surface area contributed by atoms with Gasteiger partial charge >= 0.3 is 12.1 Å². The van der Waals surface area contributed by atoms with Gasteiger partial charge in [0.1, 0.15) is 5.75 Å². The number of piperazine rings is 1. The molecule has 8 heteroatoms. The Kier molecular flexibility index (Phi) is 7.49. The molecule has 34 heavy (non-hydrogen) atoms. The van der Waals surface area contributed by atoms with Crippen LogP contribution in [-0.2, 0) is 19.4 Å². The summed E-state index contributed by atoms with van der Waals surface area (Å²) >= 11 is 0. The topological polar surface area (TPSA) is 95.9 Å². The van der Waals surface area contributed by atoms with Crippen LogP contribution in [0.15, 0.2) is 60.9 Å². The lowest BCUT2D eigenvalue weighted by atomic mass is 10.1. The standard InChI is InChI=1S/C26H28N4O4/c1-19-10-11-27-22(16-19)6-2-20-3-8-24(9-4-20)34-26(33)30-14-12-29(13-15-30)18-23-7-5-21(17-28-23)25(31)32/h3-5,7-11,16-17H,2,6,12-15,18H2,1H3,(H,31,32). The Labute approximate surface area is 198 Å². The highest BCUT2D eigenvalue weighted by Crippen LogP contribution is 2.16. The molecule has 1 amide bonds. The van der Waals surface area contributed by atoms with Crippen LogP contribution >= 0.6 is 0 Å². The molecule has 1 N–H and O–H groups in total. The largest absolute Gasteiger partial charge is 0.478 e. The fourth-order valence-electron chi connectivity index (χ4n) is 3.86. The van der Waals surface area contributed by atoms with Gasteiger partial charge in [0.15, 0.2) is 0 Å². The molecule has 8 nitrogen and oxygen atoms in total. The summed E-state index contributed by atoms with van der Waals surface area (Å²) in [7, 11) is 0. The number of amides is 1. The smallest absolute Gasteiger partial charge is 0.415 e. The van der Waals surface area contributed by atoms with Crippen molar-refractivity contribution in [1.29, 1.82) is 0 Å². The van der Waals surface area contributed by atoms with Crippen LogP contribution in [0.1, 0.15) is 32.9 Å². The van der Waals surface area contributed by atoms with E-state index in [1.54, 1.807) is 17.0 Å². The Bertz CT molecular complexity index is 1120. The zero-order valence-electron chi connectivity index (χ0n) is 19.2. The quantitative estimate of drug-likeness (QED) is 0.576. The second-order valence-corrected chi connectivity index (χ2v) is 8.44. The van der Waals surface area contributed by atoms with Crippen molar-refractivity contribution in [1.82, 2.24) is 19.8 Å². The zero-order valence-corrected chi connectivity index (χ0v) is 19.2. The number of rotatable bonds is 7. The maximum Gasteiger partial charge on any atom is 0.415 e. The molecule has 0 radical (unpaired) electrons. The predicted molar refractivity (Wildman–Crippen MR) is 127 cm³/mol. The molecule has 0 spiro atoms. The van der Waals surface area contributed by atoms with E-state index in [2.05, 4.69) is 27.9 Å². The summed E-state index contributed by atoms with van der Waals surface area (Å²) in [4.78, 5) is 36.0. The summed E-state index contributed by atoms with van der Waals surface area (Å²) in [6.45, 7) is 5.20. The normalized spacial score (nSPS) is 14.1. The lowest BCUT2D eigenvalue weighted by Gasteiger charge is -2.33. The molecule has 1 aliphatic rings. The first-order valence-corrected chi connectivity index (χ1v) is 11.3. The molecule has 0 unspecified atom stereocenters. The van der Waals surface area contributed by atoms with Crippen molar-refractivity contribution in [2.45, 2.75) is 26.3 Å². The van der Waals surface area contributed by atoms with Gasteiger partial charge in [-0.15, -0.1) is 0 Å². The molecule has 3 aromatic rings. The molecule has 1 aliphatic heterocycles. The van der Waals surface area contributed by atoms with Gasteiger partial charge in [-0.1, -0.05) is 12.1 Å². The molecular formula is C26H28N4O4. The number of carbonyl (C=O) groups excluding carboxylic acids is 1. The fourth-order valence-corrected chi connectivity index (χ4v) is 3.86. The van der Waals surface area contributed by atoms with Crippen molar-refractivity contribution < 1.29 is 19.4 Å². The number of pyridine rings is 2. The number of ether oxygens (including phenoxy) is 1. The lowest BCUT2D eigenvalue weighted by molar-refractivity contribution is 0.0696. The number of hydrogen-bond donors (Lipinski definition) is 1. The van der Waals surface area contributed by atoms with Gasteiger partial charge in [-0.3, -0.25) is 14.9 Å². The van der Waals surface area contributed by atoms with Gasteiger partial charge in [0.25, 0.3) is 0 Å². The third-order valence-electron chi connectivity index (χ3n) is 5.86. The Morgan fingerprint density at radius 1 is 0.941 bits per heavy atom. The van der Waals surface area contributed by atoms with Crippen molar-refractivity contribution >= 4 is 12.1 Å². The average Bonchev–Trinajstić information content (AvgIpc) is 2.84. The number of nitrogens with zero attached hydrogens (tertiary/aromatic N) is 4. The van der Waals surface area contributed by atoms with Crippen LogP contribution in [0, 0.1) is 6.92 Å². The Balaban J connectivity index is 1.21. The third-order valence-corrected chi connectivity index (χ3v) is 5.86. The van der Waals surface area contributed by atoms with Crippen LogP contribution in [-0.4, -0.2) is 63.1 Å². The average molecular weight is 461 g/mol. The third kappa shape index (κ3) is 6.39. The van der Waals surface area contributed by atoms with E-state index < -0.39 is 5.97 Å². The minimum Gasteiger partial charge on any atom is -0.478 e. The number of benzene rings is 1. The molecule has 0 atom stereocenters.